The lowest BCUT2D eigenvalue weighted by Crippen LogP contribution is -2.34. The Labute approximate surface area is 107 Å². The third kappa shape index (κ3) is 5.43. The van der Waals surface area contributed by atoms with Crippen molar-refractivity contribution in [1.29, 1.82) is 0 Å². The molecule has 0 saturated heterocycles. The molecule has 0 aliphatic heterocycles. The molecule has 0 aliphatic carbocycles. The van der Waals surface area contributed by atoms with E-state index in [4.69, 9.17) is 9.47 Å². The van der Waals surface area contributed by atoms with Gasteiger partial charge in [-0.3, -0.25) is 0 Å². The van der Waals surface area contributed by atoms with Crippen molar-refractivity contribution in [3.63, 3.8) is 0 Å². The Balaban J connectivity index is 2.23. The Morgan fingerprint density at radius 1 is 1.33 bits per heavy atom. The number of benzene rings is 1. The van der Waals surface area contributed by atoms with Crippen molar-refractivity contribution < 1.29 is 19.4 Å². The van der Waals surface area contributed by atoms with Crippen LogP contribution in [0.15, 0.2) is 24.3 Å². The molecule has 1 aromatic carbocycles. The highest BCUT2D eigenvalue weighted by Crippen LogP contribution is 2.23. The van der Waals surface area contributed by atoms with E-state index in [0.717, 1.165) is 0 Å². The van der Waals surface area contributed by atoms with Gasteiger partial charge < -0.3 is 19.9 Å². The summed E-state index contributed by atoms with van der Waals surface area (Å²) < 4.78 is 10.4. The molecule has 0 spiro atoms. The normalized spacial score (nSPS) is 10.8. The number of ether oxygens (including phenoxy) is 2. The van der Waals surface area contributed by atoms with E-state index in [1.54, 1.807) is 39.0 Å². The summed E-state index contributed by atoms with van der Waals surface area (Å²) in [5.74, 6) is 0.471. The minimum atomic E-state index is -0.511. The molecule has 0 unspecified atom stereocenters. The van der Waals surface area contributed by atoms with E-state index < -0.39 is 11.7 Å². The van der Waals surface area contributed by atoms with Crippen LogP contribution in [0.1, 0.15) is 20.8 Å². The Hall–Kier alpha value is -1.91. The van der Waals surface area contributed by atoms with Crippen molar-refractivity contribution in [2.24, 2.45) is 0 Å². The zero-order valence-corrected chi connectivity index (χ0v) is 10.9. The molecule has 2 N–H and O–H groups in total. The van der Waals surface area contributed by atoms with Crippen molar-refractivity contribution >= 4 is 6.09 Å². The van der Waals surface area contributed by atoms with E-state index in [1.165, 1.54) is 6.07 Å². The van der Waals surface area contributed by atoms with Crippen LogP contribution < -0.4 is 10.1 Å². The van der Waals surface area contributed by atoms with Gasteiger partial charge in [0.2, 0.25) is 0 Å². The van der Waals surface area contributed by atoms with Crippen molar-refractivity contribution in [1.82, 2.24) is 5.32 Å². The lowest BCUT2D eigenvalue weighted by molar-refractivity contribution is 0.0520. The predicted molar refractivity (Wildman–Crippen MR) is 67.8 cm³/mol. The number of aromatic hydroxyl groups is 1. The number of hydrogen-bond acceptors (Lipinski definition) is 4. The highest BCUT2D eigenvalue weighted by Gasteiger charge is 2.15. The average molecular weight is 253 g/mol. The monoisotopic (exact) mass is 253 g/mol. The van der Waals surface area contributed by atoms with Crippen molar-refractivity contribution in [3.8, 4) is 11.5 Å². The molecular weight excluding hydrogens is 234 g/mol. The second kappa shape index (κ2) is 6.14. The summed E-state index contributed by atoms with van der Waals surface area (Å²) in [5.41, 5.74) is -0.511. The SMILES string of the molecule is CC(C)(C)OC(=O)NCCOc1ccccc1O. The van der Waals surface area contributed by atoms with Crippen LogP contribution in [0.2, 0.25) is 0 Å². The molecule has 0 saturated carbocycles. The van der Waals surface area contributed by atoms with Gasteiger partial charge >= 0.3 is 6.09 Å². The smallest absolute Gasteiger partial charge is 0.407 e. The van der Waals surface area contributed by atoms with Crippen LogP contribution in [0.5, 0.6) is 11.5 Å². The first kappa shape index (κ1) is 14.2. The number of carbonyl (C=O) groups excluding carboxylic acids is 1. The molecule has 5 nitrogen and oxygen atoms in total. The summed E-state index contributed by atoms with van der Waals surface area (Å²) in [6, 6.07) is 6.66. The first-order valence-corrected chi connectivity index (χ1v) is 5.76. The largest absolute Gasteiger partial charge is 0.504 e. The third-order valence-corrected chi connectivity index (χ3v) is 1.89. The molecule has 0 aliphatic rings. The minimum absolute atomic E-state index is 0.0785. The highest BCUT2D eigenvalue weighted by atomic mass is 16.6. The molecule has 1 amide bonds. The average Bonchev–Trinajstić information content (AvgIpc) is 2.24. The molecule has 0 aromatic heterocycles. The molecule has 100 valence electrons. The van der Waals surface area contributed by atoms with E-state index in [2.05, 4.69) is 5.32 Å². The van der Waals surface area contributed by atoms with Crippen LogP contribution in [-0.4, -0.2) is 30.0 Å². The fourth-order valence-corrected chi connectivity index (χ4v) is 1.21. The lowest BCUT2D eigenvalue weighted by atomic mass is 10.2. The van der Waals surface area contributed by atoms with Crippen LogP contribution in [0.3, 0.4) is 0 Å². The second-order valence-electron chi connectivity index (χ2n) is 4.74. The fraction of sp³-hybridized carbons (Fsp3) is 0.462. The van der Waals surface area contributed by atoms with Crippen LogP contribution >= 0.6 is 0 Å². The standard InChI is InChI=1S/C13H19NO4/c1-13(2,3)18-12(16)14-8-9-17-11-7-5-4-6-10(11)15/h4-7,15H,8-9H2,1-3H3,(H,14,16). The van der Waals surface area contributed by atoms with Crippen LogP contribution in [0, 0.1) is 0 Å². The second-order valence-corrected chi connectivity index (χ2v) is 4.74. The van der Waals surface area contributed by atoms with Gasteiger partial charge in [-0.2, -0.15) is 0 Å². The number of phenolic OH excluding ortho intramolecular Hbond substituents is 1. The molecule has 0 bridgehead atoms. The Morgan fingerprint density at radius 2 is 2.00 bits per heavy atom. The number of para-hydroxylation sites is 2. The quantitative estimate of drug-likeness (QED) is 0.808. The van der Waals surface area contributed by atoms with Gasteiger partial charge in [-0.05, 0) is 32.9 Å². The van der Waals surface area contributed by atoms with Crippen LogP contribution in [-0.2, 0) is 4.74 Å². The van der Waals surface area contributed by atoms with Gasteiger partial charge in [-0.25, -0.2) is 4.79 Å². The maximum absolute atomic E-state index is 11.3. The first-order chi connectivity index (χ1) is 8.38. The number of carbonyl (C=O) groups is 1. The van der Waals surface area contributed by atoms with Crippen molar-refractivity contribution in [2.75, 3.05) is 13.2 Å². The molecule has 0 radical (unpaired) electrons. The predicted octanol–water partition coefficient (Wildman–Crippen LogP) is 2.30. The Bertz CT molecular complexity index is 398. The topological polar surface area (TPSA) is 67.8 Å². The molecule has 1 rings (SSSR count). The van der Waals surface area contributed by atoms with Gasteiger partial charge in [0.15, 0.2) is 11.5 Å². The minimum Gasteiger partial charge on any atom is -0.504 e. The van der Waals surface area contributed by atoms with Crippen LogP contribution in [0.25, 0.3) is 0 Å². The molecule has 5 heteroatoms. The van der Waals surface area contributed by atoms with Gasteiger partial charge in [0.1, 0.15) is 12.2 Å². The maximum Gasteiger partial charge on any atom is 0.407 e. The maximum atomic E-state index is 11.3. The van der Waals surface area contributed by atoms with E-state index in [9.17, 15) is 9.90 Å². The molecule has 18 heavy (non-hydrogen) atoms. The molecule has 0 atom stereocenters. The van der Waals surface area contributed by atoms with Gasteiger partial charge in [-0.15, -0.1) is 0 Å². The summed E-state index contributed by atoms with van der Waals surface area (Å²) in [4.78, 5) is 11.3. The summed E-state index contributed by atoms with van der Waals surface area (Å²) in [5, 5.41) is 12.0. The van der Waals surface area contributed by atoms with Crippen molar-refractivity contribution in [2.45, 2.75) is 26.4 Å². The van der Waals surface area contributed by atoms with Crippen molar-refractivity contribution in [3.05, 3.63) is 24.3 Å². The molecular formula is C13H19NO4. The first-order valence-electron chi connectivity index (χ1n) is 5.76. The number of rotatable bonds is 4. The van der Waals surface area contributed by atoms with E-state index in [-0.39, 0.29) is 12.4 Å². The van der Waals surface area contributed by atoms with Gasteiger partial charge in [-0.1, -0.05) is 12.1 Å². The van der Waals surface area contributed by atoms with Gasteiger partial charge in [0.25, 0.3) is 0 Å². The Kier molecular flexibility index (Phi) is 4.83. The van der Waals surface area contributed by atoms with Gasteiger partial charge in [0, 0.05) is 0 Å². The van der Waals surface area contributed by atoms with Gasteiger partial charge in [0.05, 0.1) is 6.54 Å². The zero-order chi connectivity index (χ0) is 13.6. The third-order valence-electron chi connectivity index (χ3n) is 1.89. The van der Waals surface area contributed by atoms with E-state index >= 15 is 0 Å². The zero-order valence-electron chi connectivity index (χ0n) is 10.9. The van der Waals surface area contributed by atoms with E-state index in [1.807, 2.05) is 0 Å². The summed E-state index contributed by atoms with van der Waals surface area (Å²) in [6.07, 6.45) is -0.483. The number of phenols is 1. The lowest BCUT2D eigenvalue weighted by Gasteiger charge is -2.19. The summed E-state index contributed by atoms with van der Waals surface area (Å²) in [7, 11) is 0. The molecule has 0 heterocycles. The number of hydrogen-bond donors (Lipinski definition) is 2. The number of nitrogens with one attached hydrogen (secondary N) is 1. The van der Waals surface area contributed by atoms with Crippen LogP contribution in [0.4, 0.5) is 4.79 Å². The van der Waals surface area contributed by atoms with E-state index in [0.29, 0.717) is 12.3 Å². The fourth-order valence-electron chi connectivity index (χ4n) is 1.21. The molecule has 1 aromatic rings. The summed E-state index contributed by atoms with van der Waals surface area (Å²) in [6.45, 7) is 5.96. The molecule has 0 fully saturated rings. The highest BCUT2D eigenvalue weighted by molar-refractivity contribution is 5.67. The number of alkyl carbamates (subject to hydrolysis) is 1. The summed E-state index contributed by atoms with van der Waals surface area (Å²) >= 11 is 0. The Morgan fingerprint density at radius 3 is 2.61 bits per heavy atom. The number of amides is 1.